The first-order chi connectivity index (χ1) is 14.9. The van der Waals surface area contributed by atoms with E-state index in [4.69, 9.17) is 14.4 Å². The Labute approximate surface area is 216 Å². The van der Waals surface area contributed by atoms with Crippen LogP contribution in [0, 0.1) is 0 Å². The van der Waals surface area contributed by atoms with Gasteiger partial charge in [0.1, 0.15) is 6.10 Å². The van der Waals surface area contributed by atoms with E-state index in [0.717, 1.165) is 32.1 Å². The summed E-state index contributed by atoms with van der Waals surface area (Å²) in [5, 5.41) is 0. The number of esters is 1. The van der Waals surface area contributed by atoms with Crippen molar-refractivity contribution in [2.45, 2.75) is 115 Å². The van der Waals surface area contributed by atoms with Gasteiger partial charge < -0.3 is 23.8 Å². The first-order valence-electron chi connectivity index (χ1n) is 12.1. The molecule has 0 aromatic heterocycles. The van der Waals surface area contributed by atoms with Crippen LogP contribution in [0.15, 0.2) is 12.2 Å². The van der Waals surface area contributed by atoms with Crippen LogP contribution in [0.5, 0.6) is 0 Å². The van der Waals surface area contributed by atoms with E-state index in [1.54, 1.807) is 0 Å². The standard InChI is InChI=1S/C23H43O7P.Na/c1-2-3-4-5-6-7-8-9-10-11-12-13-14-15-16-17-23(24)29-22-20-28-19-18-21(22)30-31(25,26)27;/h9-10,21-22H,2-8,11-20H2,1H3,(H2,25,26,27);/q;+1/p-1/b10-9+;/t21-,22-;/m0./s1. The van der Waals surface area contributed by atoms with Crippen LogP contribution in [-0.2, 0) is 23.4 Å². The number of rotatable bonds is 18. The van der Waals surface area contributed by atoms with E-state index in [0.29, 0.717) is 6.61 Å². The molecule has 3 atom stereocenters. The van der Waals surface area contributed by atoms with Gasteiger partial charge in [-0.25, -0.2) is 0 Å². The second kappa shape index (κ2) is 20.6. The summed E-state index contributed by atoms with van der Waals surface area (Å²) in [7, 11) is -4.87. The van der Waals surface area contributed by atoms with E-state index in [1.807, 2.05) is 0 Å². The maximum Gasteiger partial charge on any atom is 1.00 e. The van der Waals surface area contributed by atoms with Crippen LogP contribution in [0.2, 0.25) is 0 Å². The van der Waals surface area contributed by atoms with Gasteiger partial charge in [0.2, 0.25) is 0 Å². The molecule has 1 rings (SSSR count). The largest absolute Gasteiger partial charge is 1.00 e. The van der Waals surface area contributed by atoms with Crippen molar-refractivity contribution in [2.24, 2.45) is 0 Å². The third kappa shape index (κ3) is 18.7. The predicted octanol–water partition coefficient (Wildman–Crippen LogP) is 2.21. The monoisotopic (exact) mass is 484 g/mol. The van der Waals surface area contributed by atoms with Crippen LogP contribution in [0.4, 0.5) is 0 Å². The van der Waals surface area contributed by atoms with E-state index in [-0.39, 0.29) is 55.0 Å². The summed E-state index contributed by atoms with van der Waals surface area (Å²) in [5.41, 5.74) is 0. The molecule has 0 saturated carbocycles. The molecule has 1 aliphatic heterocycles. The topological polar surface area (TPSA) is 105 Å². The van der Waals surface area contributed by atoms with Gasteiger partial charge in [-0.15, -0.1) is 0 Å². The summed E-state index contributed by atoms with van der Waals surface area (Å²) < 4.78 is 26.1. The van der Waals surface area contributed by atoms with E-state index in [9.17, 15) is 14.3 Å². The van der Waals surface area contributed by atoms with Crippen LogP contribution in [-0.4, -0.2) is 36.3 Å². The molecule has 0 bridgehead atoms. The molecule has 1 N–H and O–H groups in total. The average Bonchev–Trinajstić information content (AvgIpc) is 2.71. The van der Waals surface area contributed by atoms with Crippen molar-refractivity contribution in [1.82, 2.24) is 0 Å². The fraction of sp³-hybridized carbons (Fsp3) is 0.870. The summed E-state index contributed by atoms with van der Waals surface area (Å²) in [6.45, 7) is 2.61. The van der Waals surface area contributed by atoms with Crippen LogP contribution in [0.3, 0.4) is 0 Å². The smallest absolute Gasteiger partial charge is 0.756 e. The molecule has 1 heterocycles. The number of ether oxygens (including phenoxy) is 2. The molecule has 7 nitrogen and oxygen atoms in total. The number of phosphoric ester groups is 1. The molecule has 1 fully saturated rings. The molecule has 182 valence electrons. The summed E-state index contributed by atoms with van der Waals surface area (Å²) in [4.78, 5) is 31.8. The Balaban J connectivity index is 0.00000961. The van der Waals surface area contributed by atoms with Gasteiger partial charge in [-0.3, -0.25) is 9.36 Å². The number of carbonyl (C=O) groups excluding carboxylic acids is 1. The SMILES string of the molecule is CCCCCCCC/C=C/CCCCCCCC(=O)O[C@H]1COCC[C@@H]1OP(=O)([O-])O.[Na+]. The van der Waals surface area contributed by atoms with Gasteiger partial charge in [-0.2, -0.15) is 0 Å². The van der Waals surface area contributed by atoms with Gasteiger partial charge in [0.05, 0.1) is 6.61 Å². The van der Waals surface area contributed by atoms with Crippen LogP contribution in [0.25, 0.3) is 0 Å². The third-order valence-electron chi connectivity index (χ3n) is 5.44. The summed E-state index contributed by atoms with van der Waals surface area (Å²) in [6.07, 6.45) is 18.9. The zero-order valence-electron chi connectivity index (χ0n) is 20.2. The summed E-state index contributed by atoms with van der Waals surface area (Å²) >= 11 is 0. The van der Waals surface area contributed by atoms with Crippen molar-refractivity contribution in [3.63, 3.8) is 0 Å². The number of hydrogen-bond acceptors (Lipinski definition) is 6. The molecule has 0 aromatic carbocycles. The Hall–Kier alpha value is 0.280. The Morgan fingerprint density at radius 1 is 1.00 bits per heavy atom. The Morgan fingerprint density at radius 2 is 1.56 bits per heavy atom. The molecule has 0 radical (unpaired) electrons. The molecule has 0 spiro atoms. The number of phosphoric acid groups is 1. The zero-order chi connectivity index (χ0) is 22.8. The van der Waals surface area contributed by atoms with Crippen molar-refractivity contribution in [3.05, 3.63) is 12.2 Å². The fourth-order valence-corrected chi connectivity index (χ4v) is 4.24. The third-order valence-corrected chi connectivity index (χ3v) is 5.97. The number of carbonyl (C=O) groups is 1. The molecule has 1 aliphatic rings. The molecule has 32 heavy (non-hydrogen) atoms. The van der Waals surface area contributed by atoms with E-state index in [1.165, 1.54) is 51.4 Å². The quantitative estimate of drug-likeness (QED) is 0.105. The average molecular weight is 485 g/mol. The van der Waals surface area contributed by atoms with Crippen molar-refractivity contribution >= 4 is 13.8 Å². The van der Waals surface area contributed by atoms with Crippen LogP contribution >= 0.6 is 7.82 Å². The minimum absolute atomic E-state index is 0. The molecule has 1 saturated heterocycles. The van der Waals surface area contributed by atoms with Crippen molar-refractivity contribution in [2.75, 3.05) is 13.2 Å². The second-order valence-electron chi connectivity index (χ2n) is 8.34. The minimum Gasteiger partial charge on any atom is -0.756 e. The van der Waals surface area contributed by atoms with Gasteiger partial charge in [0.15, 0.2) is 6.10 Å². The maximum absolute atomic E-state index is 12.0. The molecule has 9 heteroatoms. The molecule has 0 aromatic rings. The summed E-state index contributed by atoms with van der Waals surface area (Å²) in [6, 6.07) is 0. The first kappa shape index (κ1) is 32.3. The van der Waals surface area contributed by atoms with Gasteiger partial charge in [-0.1, -0.05) is 70.4 Å². The Morgan fingerprint density at radius 3 is 2.16 bits per heavy atom. The molecule has 1 unspecified atom stereocenters. The van der Waals surface area contributed by atoms with Crippen molar-refractivity contribution in [1.29, 1.82) is 0 Å². The van der Waals surface area contributed by atoms with Crippen molar-refractivity contribution in [3.8, 4) is 0 Å². The first-order valence-corrected chi connectivity index (χ1v) is 13.6. The maximum atomic E-state index is 12.0. The normalized spacial score (nSPS) is 20.6. The van der Waals surface area contributed by atoms with Crippen molar-refractivity contribution < 1.29 is 62.7 Å². The molecule has 0 aliphatic carbocycles. The number of hydrogen-bond donors (Lipinski definition) is 1. The number of allylic oxidation sites excluding steroid dienone is 2. The van der Waals surface area contributed by atoms with Gasteiger partial charge in [0.25, 0.3) is 7.82 Å². The minimum atomic E-state index is -4.87. The van der Waals surface area contributed by atoms with E-state index >= 15 is 0 Å². The Kier molecular flexibility index (Phi) is 20.8. The number of unbranched alkanes of at least 4 members (excludes halogenated alkanes) is 11. The molecular formula is C23H42NaO7P. The van der Waals surface area contributed by atoms with Crippen LogP contribution < -0.4 is 34.5 Å². The van der Waals surface area contributed by atoms with Gasteiger partial charge in [0, 0.05) is 19.4 Å². The summed E-state index contributed by atoms with van der Waals surface area (Å²) in [5.74, 6) is -0.389. The fourth-order valence-electron chi connectivity index (χ4n) is 3.66. The molecule has 0 amide bonds. The molecular weight excluding hydrogens is 442 g/mol. The second-order valence-corrected chi connectivity index (χ2v) is 9.49. The predicted molar refractivity (Wildman–Crippen MR) is 119 cm³/mol. The zero-order valence-corrected chi connectivity index (χ0v) is 23.1. The Bertz CT molecular complexity index is 538. The van der Waals surface area contributed by atoms with E-state index < -0.39 is 20.0 Å². The van der Waals surface area contributed by atoms with Crippen LogP contribution in [0.1, 0.15) is 103 Å². The van der Waals surface area contributed by atoms with Gasteiger partial charge >= 0.3 is 35.5 Å². The van der Waals surface area contributed by atoms with Gasteiger partial charge in [-0.05, 0) is 32.1 Å². The van der Waals surface area contributed by atoms with E-state index in [2.05, 4.69) is 23.6 Å².